The summed E-state index contributed by atoms with van der Waals surface area (Å²) in [6.07, 6.45) is 2.05. The quantitative estimate of drug-likeness (QED) is 0.676. The SMILES string of the molecule is C[C@@H]1Cc2c(ccc(Cl)c2Cl)CCN1C. The molecule has 1 nitrogen and oxygen atoms in total. The molecule has 0 spiro atoms. The fourth-order valence-electron chi connectivity index (χ4n) is 2.06. The number of rotatable bonds is 0. The Kier molecular flexibility index (Phi) is 3.24. The third kappa shape index (κ3) is 2.15. The van der Waals surface area contributed by atoms with Crippen molar-refractivity contribution < 1.29 is 0 Å². The number of hydrogen-bond acceptors (Lipinski definition) is 1. The summed E-state index contributed by atoms with van der Waals surface area (Å²) in [5.74, 6) is 0. The molecule has 0 radical (unpaired) electrons. The molecule has 0 fully saturated rings. The molecule has 1 atom stereocenters. The second-order valence-corrected chi connectivity index (χ2v) is 5.07. The third-order valence-electron chi connectivity index (χ3n) is 3.28. The summed E-state index contributed by atoms with van der Waals surface area (Å²) in [5.41, 5.74) is 2.58. The summed E-state index contributed by atoms with van der Waals surface area (Å²) in [6, 6.07) is 4.54. The minimum absolute atomic E-state index is 0.530. The van der Waals surface area contributed by atoms with Crippen molar-refractivity contribution >= 4 is 23.2 Å². The number of fused-ring (bicyclic) bond motifs is 1. The van der Waals surface area contributed by atoms with Gasteiger partial charge in [0.05, 0.1) is 10.0 Å². The van der Waals surface area contributed by atoms with Crippen molar-refractivity contribution in [1.29, 1.82) is 0 Å². The molecule has 1 heterocycles. The molecule has 1 aromatic rings. The largest absolute Gasteiger partial charge is 0.303 e. The first-order valence-corrected chi connectivity index (χ1v) is 6.01. The van der Waals surface area contributed by atoms with Crippen molar-refractivity contribution in [3.05, 3.63) is 33.3 Å². The Labute approximate surface area is 101 Å². The average Bonchev–Trinajstić information content (AvgIpc) is 2.35. The van der Waals surface area contributed by atoms with Gasteiger partial charge in [0.25, 0.3) is 0 Å². The van der Waals surface area contributed by atoms with Gasteiger partial charge in [0.15, 0.2) is 0 Å². The summed E-state index contributed by atoms with van der Waals surface area (Å²) < 4.78 is 0. The van der Waals surface area contributed by atoms with Gasteiger partial charge in [0.2, 0.25) is 0 Å². The fourth-order valence-corrected chi connectivity index (χ4v) is 2.49. The van der Waals surface area contributed by atoms with Gasteiger partial charge in [-0.15, -0.1) is 0 Å². The molecule has 0 aliphatic carbocycles. The molecule has 15 heavy (non-hydrogen) atoms. The van der Waals surface area contributed by atoms with E-state index in [9.17, 15) is 0 Å². The van der Waals surface area contributed by atoms with Crippen LogP contribution in [-0.2, 0) is 12.8 Å². The Morgan fingerprint density at radius 2 is 2.07 bits per heavy atom. The highest BCUT2D eigenvalue weighted by Crippen LogP contribution is 2.31. The number of likely N-dealkylation sites (N-methyl/N-ethyl adjacent to an activating group) is 1. The van der Waals surface area contributed by atoms with Crippen LogP contribution in [0.3, 0.4) is 0 Å². The van der Waals surface area contributed by atoms with E-state index < -0.39 is 0 Å². The minimum atomic E-state index is 0.530. The molecule has 0 bridgehead atoms. The van der Waals surface area contributed by atoms with Gasteiger partial charge in [-0.1, -0.05) is 29.3 Å². The number of halogens is 2. The molecule has 0 aromatic heterocycles. The third-order valence-corrected chi connectivity index (χ3v) is 4.12. The molecular formula is C12H15Cl2N. The van der Waals surface area contributed by atoms with Crippen LogP contribution in [0.15, 0.2) is 12.1 Å². The van der Waals surface area contributed by atoms with Crippen LogP contribution in [0, 0.1) is 0 Å². The highest BCUT2D eigenvalue weighted by atomic mass is 35.5. The second kappa shape index (κ2) is 4.32. The first-order valence-electron chi connectivity index (χ1n) is 5.25. The van der Waals surface area contributed by atoms with Gasteiger partial charge >= 0.3 is 0 Å². The van der Waals surface area contributed by atoms with Gasteiger partial charge in [-0.25, -0.2) is 0 Å². The lowest BCUT2D eigenvalue weighted by Crippen LogP contribution is -2.30. The van der Waals surface area contributed by atoms with Crippen molar-refractivity contribution in [2.45, 2.75) is 25.8 Å². The summed E-state index contributed by atoms with van der Waals surface area (Å²) >= 11 is 12.3. The van der Waals surface area contributed by atoms with Gasteiger partial charge in [0, 0.05) is 12.6 Å². The van der Waals surface area contributed by atoms with E-state index in [0.29, 0.717) is 11.1 Å². The molecule has 0 unspecified atom stereocenters. The van der Waals surface area contributed by atoms with E-state index in [0.717, 1.165) is 24.4 Å². The Morgan fingerprint density at radius 1 is 1.33 bits per heavy atom. The van der Waals surface area contributed by atoms with Gasteiger partial charge in [-0.05, 0) is 44.0 Å². The number of hydrogen-bond donors (Lipinski definition) is 0. The van der Waals surface area contributed by atoms with Crippen LogP contribution in [0.2, 0.25) is 10.0 Å². The highest BCUT2D eigenvalue weighted by molar-refractivity contribution is 6.42. The van der Waals surface area contributed by atoms with Crippen LogP contribution >= 0.6 is 23.2 Å². The maximum absolute atomic E-state index is 6.25. The standard InChI is InChI=1S/C12H15Cl2N/c1-8-7-10-9(5-6-15(8)2)3-4-11(13)12(10)14/h3-4,8H,5-7H2,1-2H3/t8-/m1/s1. The maximum Gasteiger partial charge on any atom is 0.0627 e. The average molecular weight is 244 g/mol. The van der Waals surface area contributed by atoms with Crippen molar-refractivity contribution in [3.8, 4) is 0 Å². The first kappa shape index (κ1) is 11.3. The Morgan fingerprint density at radius 3 is 2.80 bits per heavy atom. The first-order chi connectivity index (χ1) is 7.09. The zero-order valence-electron chi connectivity index (χ0n) is 9.06. The van der Waals surface area contributed by atoms with Crippen molar-refractivity contribution in [2.24, 2.45) is 0 Å². The van der Waals surface area contributed by atoms with Crippen LogP contribution in [-0.4, -0.2) is 24.5 Å². The van der Waals surface area contributed by atoms with E-state index in [4.69, 9.17) is 23.2 Å². The zero-order chi connectivity index (χ0) is 11.0. The van der Waals surface area contributed by atoms with Crippen LogP contribution in [0.1, 0.15) is 18.1 Å². The van der Waals surface area contributed by atoms with Crippen LogP contribution < -0.4 is 0 Å². The van der Waals surface area contributed by atoms with E-state index in [2.05, 4.69) is 24.9 Å². The topological polar surface area (TPSA) is 3.24 Å². The molecule has 1 aliphatic heterocycles. The number of benzene rings is 1. The van der Waals surface area contributed by atoms with Gasteiger partial charge in [-0.3, -0.25) is 0 Å². The number of nitrogens with zero attached hydrogens (tertiary/aromatic N) is 1. The van der Waals surface area contributed by atoms with Crippen molar-refractivity contribution in [3.63, 3.8) is 0 Å². The molecule has 2 rings (SSSR count). The lowest BCUT2D eigenvalue weighted by molar-refractivity contribution is 0.268. The highest BCUT2D eigenvalue weighted by Gasteiger charge is 2.20. The smallest absolute Gasteiger partial charge is 0.0627 e. The zero-order valence-corrected chi connectivity index (χ0v) is 10.6. The van der Waals surface area contributed by atoms with Gasteiger partial charge in [0.1, 0.15) is 0 Å². The predicted molar refractivity (Wildman–Crippen MR) is 66.0 cm³/mol. The van der Waals surface area contributed by atoms with E-state index in [1.807, 2.05) is 6.07 Å². The Hall–Kier alpha value is -0.240. The van der Waals surface area contributed by atoms with Gasteiger partial charge in [-0.2, -0.15) is 0 Å². The maximum atomic E-state index is 6.25. The van der Waals surface area contributed by atoms with Crippen LogP contribution in [0.25, 0.3) is 0 Å². The van der Waals surface area contributed by atoms with Crippen LogP contribution in [0.5, 0.6) is 0 Å². The summed E-state index contributed by atoms with van der Waals surface area (Å²) in [4.78, 5) is 2.37. The monoisotopic (exact) mass is 243 g/mol. The minimum Gasteiger partial charge on any atom is -0.303 e. The molecule has 1 aliphatic rings. The Bertz CT molecular complexity index is 376. The molecule has 0 amide bonds. The van der Waals surface area contributed by atoms with E-state index in [1.165, 1.54) is 11.1 Å². The van der Waals surface area contributed by atoms with E-state index in [1.54, 1.807) is 0 Å². The summed E-state index contributed by atoms with van der Waals surface area (Å²) in [7, 11) is 2.16. The molecule has 0 N–H and O–H groups in total. The Balaban J connectivity index is 2.44. The predicted octanol–water partition coefficient (Wildman–Crippen LogP) is 3.41. The van der Waals surface area contributed by atoms with Gasteiger partial charge < -0.3 is 4.90 Å². The fraction of sp³-hybridized carbons (Fsp3) is 0.500. The molecule has 0 saturated heterocycles. The molecule has 0 saturated carbocycles. The van der Waals surface area contributed by atoms with Crippen molar-refractivity contribution in [2.75, 3.05) is 13.6 Å². The summed E-state index contributed by atoms with van der Waals surface area (Å²) in [6.45, 7) is 3.32. The molecule has 1 aromatic carbocycles. The van der Waals surface area contributed by atoms with E-state index >= 15 is 0 Å². The lowest BCUT2D eigenvalue weighted by Gasteiger charge is -2.21. The van der Waals surface area contributed by atoms with Crippen molar-refractivity contribution in [1.82, 2.24) is 4.90 Å². The second-order valence-electron chi connectivity index (χ2n) is 4.28. The van der Waals surface area contributed by atoms with E-state index in [-0.39, 0.29) is 0 Å². The van der Waals surface area contributed by atoms with Crippen LogP contribution in [0.4, 0.5) is 0 Å². The molecule has 3 heteroatoms. The normalized spacial score (nSPS) is 22.3. The molecular weight excluding hydrogens is 229 g/mol. The lowest BCUT2D eigenvalue weighted by atomic mass is 10.0. The molecule has 82 valence electrons. The summed E-state index contributed by atoms with van der Waals surface area (Å²) in [5, 5.41) is 1.42.